The summed E-state index contributed by atoms with van der Waals surface area (Å²) < 4.78 is 13.3. The van der Waals surface area contributed by atoms with Gasteiger partial charge in [0.15, 0.2) is 0 Å². The van der Waals surface area contributed by atoms with E-state index in [4.69, 9.17) is 9.47 Å². The van der Waals surface area contributed by atoms with Crippen LogP contribution in [0.15, 0.2) is 30.3 Å². The molecule has 156 valence electrons. The van der Waals surface area contributed by atoms with Crippen molar-refractivity contribution in [2.24, 2.45) is 0 Å². The molecule has 0 saturated heterocycles. The second-order valence-electron chi connectivity index (χ2n) is 8.35. The normalized spacial score (nSPS) is 14.0. The molecule has 0 amide bonds. The number of fused-ring (bicyclic) bond motifs is 3. The van der Waals surface area contributed by atoms with Gasteiger partial charge >= 0.3 is 5.97 Å². The van der Waals surface area contributed by atoms with Crippen molar-refractivity contribution in [3.63, 3.8) is 0 Å². The Hall–Kier alpha value is -1.56. The Morgan fingerprint density at radius 2 is 1.93 bits per heavy atom. The number of hydrogen-bond donors (Lipinski definition) is 0. The monoisotopic (exact) mass is 506 g/mol. The highest BCUT2D eigenvalue weighted by molar-refractivity contribution is 14.1. The molecule has 2 aromatic carbocycles. The number of ether oxygens (including phenoxy) is 2. The Kier molecular flexibility index (Phi) is 7.25. The van der Waals surface area contributed by atoms with Gasteiger partial charge in [0.1, 0.15) is 17.1 Å². The summed E-state index contributed by atoms with van der Waals surface area (Å²) in [6, 6.07) is 10.6. The van der Waals surface area contributed by atoms with E-state index >= 15 is 0 Å². The van der Waals surface area contributed by atoms with Gasteiger partial charge in [0.25, 0.3) is 0 Å². The van der Waals surface area contributed by atoms with E-state index in [-0.39, 0.29) is 5.97 Å². The van der Waals surface area contributed by atoms with Gasteiger partial charge in [0, 0.05) is 16.4 Å². The molecule has 29 heavy (non-hydrogen) atoms. The largest absolute Gasteiger partial charge is 0.482 e. The lowest BCUT2D eigenvalue weighted by molar-refractivity contribution is -0.134. The zero-order chi connectivity index (χ0) is 21.0. The van der Waals surface area contributed by atoms with Crippen molar-refractivity contribution in [1.29, 1.82) is 0 Å². The molecule has 4 heteroatoms. The Bertz CT molecular complexity index is 886. The zero-order valence-electron chi connectivity index (χ0n) is 17.9. The summed E-state index contributed by atoms with van der Waals surface area (Å²) in [7, 11) is 0. The van der Waals surface area contributed by atoms with Crippen LogP contribution in [0.5, 0.6) is 11.5 Å². The molecule has 1 heterocycles. The molecule has 0 radical (unpaired) electrons. The summed E-state index contributed by atoms with van der Waals surface area (Å²) in [6.07, 6.45) is 5.72. The number of carbonyl (C=O) groups is 1. The van der Waals surface area contributed by atoms with Gasteiger partial charge < -0.3 is 9.47 Å². The predicted octanol–water partition coefficient (Wildman–Crippen LogP) is 7.14. The first-order chi connectivity index (χ1) is 13.9. The van der Waals surface area contributed by atoms with Crippen molar-refractivity contribution in [1.82, 2.24) is 0 Å². The number of halogens is 1. The molecule has 1 aliphatic heterocycles. The lowest BCUT2D eigenvalue weighted by Gasteiger charge is -2.36. The molecule has 0 fully saturated rings. The lowest BCUT2D eigenvalue weighted by atomic mass is 9.84. The van der Waals surface area contributed by atoms with Crippen molar-refractivity contribution >= 4 is 28.6 Å². The smallest absolute Gasteiger partial charge is 0.311 e. The molecular weight excluding hydrogens is 475 g/mol. The highest BCUT2D eigenvalue weighted by atomic mass is 127. The first-order valence-electron chi connectivity index (χ1n) is 10.6. The molecule has 1 aliphatic rings. The van der Waals surface area contributed by atoms with E-state index in [2.05, 4.69) is 74.6 Å². The van der Waals surface area contributed by atoms with Crippen molar-refractivity contribution in [3.8, 4) is 22.6 Å². The van der Waals surface area contributed by atoms with E-state index in [9.17, 15) is 4.79 Å². The predicted molar refractivity (Wildman–Crippen MR) is 127 cm³/mol. The third-order valence-electron chi connectivity index (χ3n) is 5.39. The van der Waals surface area contributed by atoms with Gasteiger partial charge in [-0.05, 0) is 63.3 Å². The van der Waals surface area contributed by atoms with E-state index < -0.39 is 5.60 Å². The van der Waals surface area contributed by atoms with Crippen molar-refractivity contribution in [2.45, 2.75) is 71.8 Å². The van der Waals surface area contributed by atoms with Gasteiger partial charge in [-0.3, -0.25) is 4.79 Å². The van der Waals surface area contributed by atoms with E-state index in [0.29, 0.717) is 12.2 Å². The van der Waals surface area contributed by atoms with Gasteiger partial charge in [0.2, 0.25) is 0 Å². The van der Waals surface area contributed by atoms with Crippen molar-refractivity contribution < 1.29 is 14.3 Å². The molecule has 0 atom stereocenters. The average Bonchev–Trinajstić information content (AvgIpc) is 2.65. The van der Waals surface area contributed by atoms with E-state index in [0.717, 1.165) is 46.1 Å². The fraction of sp³-hybridized carbons (Fsp3) is 0.480. The standard InChI is InChI=1S/C25H31IO3/c1-5-6-7-9-18-15-21(28-23(27)10-8-13-26)24-19-14-17(2)11-12-20(19)25(3,4)29-22(24)16-18/h11-12,14-16H,5-10,13H2,1-4H3. The molecule has 0 saturated carbocycles. The van der Waals surface area contributed by atoms with Gasteiger partial charge in [-0.15, -0.1) is 0 Å². The fourth-order valence-electron chi connectivity index (χ4n) is 3.90. The Balaban J connectivity index is 2.09. The highest BCUT2D eigenvalue weighted by Gasteiger charge is 2.35. The van der Waals surface area contributed by atoms with E-state index in [1.165, 1.54) is 24.0 Å². The SMILES string of the molecule is CCCCCc1cc(OC(=O)CCCI)c2c(c1)OC(C)(C)c1ccc(C)cc1-2. The number of hydrogen-bond acceptors (Lipinski definition) is 3. The third kappa shape index (κ3) is 5.14. The summed E-state index contributed by atoms with van der Waals surface area (Å²) >= 11 is 2.29. The quantitative estimate of drug-likeness (QED) is 0.126. The third-order valence-corrected chi connectivity index (χ3v) is 6.15. The van der Waals surface area contributed by atoms with E-state index in [1.807, 2.05) is 6.07 Å². The second kappa shape index (κ2) is 9.50. The minimum atomic E-state index is -0.430. The van der Waals surface area contributed by atoms with Gasteiger partial charge in [-0.1, -0.05) is 66.1 Å². The van der Waals surface area contributed by atoms with Crippen LogP contribution in [0.25, 0.3) is 11.1 Å². The van der Waals surface area contributed by atoms with Crippen LogP contribution >= 0.6 is 22.6 Å². The molecule has 2 aromatic rings. The van der Waals surface area contributed by atoms with Crippen LogP contribution in [0.4, 0.5) is 0 Å². The highest BCUT2D eigenvalue weighted by Crippen LogP contribution is 2.50. The molecule has 0 aromatic heterocycles. The Morgan fingerprint density at radius 1 is 1.14 bits per heavy atom. The maximum Gasteiger partial charge on any atom is 0.311 e. The lowest BCUT2D eigenvalue weighted by Crippen LogP contribution is -2.29. The molecule has 3 rings (SSSR count). The minimum absolute atomic E-state index is 0.173. The summed E-state index contributed by atoms with van der Waals surface area (Å²) in [4.78, 5) is 12.5. The molecule has 0 spiro atoms. The second-order valence-corrected chi connectivity index (χ2v) is 9.43. The molecule has 3 nitrogen and oxygen atoms in total. The van der Waals surface area contributed by atoms with Crippen LogP contribution in [0.3, 0.4) is 0 Å². The van der Waals surface area contributed by atoms with Crippen LogP contribution in [0.1, 0.15) is 69.6 Å². The maximum atomic E-state index is 12.5. The Morgan fingerprint density at radius 3 is 2.66 bits per heavy atom. The van der Waals surface area contributed by atoms with Crippen LogP contribution in [0, 0.1) is 6.92 Å². The zero-order valence-corrected chi connectivity index (χ0v) is 20.1. The number of aryl methyl sites for hydroxylation is 2. The van der Waals surface area contributed by atoms with Crippen LogP contribution in [0.2, 0.25) is 0 Å². The molecule has 0 N–H and O–H groups in total. The summed E-state index contributed by atoms with van der Waals surface area (Å²) in [5.41, 5.74) is 5.06. The first kappa shape index (κ1) is 22.1. The topological polar surface area (TPSA) is 35.5 Å². The van der Waals surface area contributed by atoms with E-state index in [1.54, 1.807) is 0 Å². The van der Waals surface area contributed by atoms with Crippen LogP contribution in [-0.4, -0.2) is 10.4 Å². The minimum Gasteiger partial charge on any atom is -0.482 e. The summed E-state index contributed by atoms with van der Waals surface area (Å²) in [5, 5.41) is 0. The molecule has 0 bridgehead atoms. The first-order valence-corrected chi connectivity index (χ1v) is 12.1. The average molecular weight is 506 g/mol. The number of carbonyl (C=O) groups excluding carboxylic acids is 1. The number of rotatable bonds is 8. The Labute approximate surface area is 188 Å². The number of alkyl halides is 1. The fourth-order valence-corrected chi connectivity index (χ4v) is 4.28. The van der Waals surface area contributed by atoms with Crippen molar-refractivity contribution in [2.75, 3.05) is 4.43 Å². The maximum absolute atomic E-state index is 12.5. The van der Waals surface area contributed by atoms with Crippen LogP contribution in [-0.2, 0) is 16.8 Å². The van der Waals surface area contributed by atoms with Crippen LogP contribution < -0.4 is 9.47 Å². The van der Waals surface area contributed by atoms with Crippen molar-refractivity contribution in [3.05, 3.63) is 47.0 Å². The number of unbranched alkanes of at least 4 members (excludes halogenated alkanes) is 2. The van der Waals surface area contributed by atoms with Gasteiger partial charge in [-0.25, -0.2) is 0 Å². The number of benzene rings is 2. The van der Waals surface area contributed by atoms with Gasteiger partial charge in [-0.2, -0.15) is 0 Å². The molecule has 0 aliphatic carbocycles. The number of esters is 1. The van der Waals surface area contributed by atoms with Gasteiger partial charge in [0.05, 0.1) is 5.56 Å². The summed E-state index contributed by atoms with van der Waals surface area (Å²) in [5.74, 6) is 1.28. The molecular formula is C25H31IO3. The summed E-state index contributed by atoms with van der Waals surface area (Å²) in [6.45, 7) is 8.49. The molecule has 0 unspecified atom stereocenters.